The van der Waals surface area contributed by atoms with Crippen LogP contribution in [0.1, 0.15) is 25.3 Å². The van der Waals surface area contributed by atoms with Crippen LogP contribution in [0.4, 0.5) is 11.4 Å². The van der Waals surface area contributed by atoms with Crippen molar-refractivity contribution in [2.45, 2.75) is 31.1 Å². The predicted molar refractivity (Wildman–Crippen MR) is 101 cm³/mol. The number of sulfone groups is 1. The zero-order valence-electron chi connectivity index (χ0n) is 14.8. The van der Waals surface area contributed by atoms with Crippen molar-refractivity contribution >= 4 is 27.2 Å². The summed E-state index contributed by atoms with van der Waals surface area (Å²) in [6.07, 6.45) is 4.59. The van der Waals surface area contributed by atoms with E-state index in [0.717, 1.165) is 24.9 Å². The minimum absolute atomic E-state index is 0.0953. The molecule has 0 aliphatic carbocycles. The summed E-state index contributed by atoms with van der Waals surface area (Å²) in [5.41, 5.74) is 2.53. The van der Waals surface area contributed by atoms with Gasteiger partial charge in [-0.05, 0) is 42.7 Å². The SMILES string of the molecule is CCCCc1ccc(N2C=C(C(=O)OC)S(=O)(=O)c3ccccc32)cc1. The highest BCUT2D eigenvalue weighted by Gasteiger charge is 2.36. The summed E-state index contributed by atoms with van der Waals surface area (Å²) in [5, 5.41) is 0. The molecule has 0 saturated carbocycles. The number of methoxy groups -OCH3 is 1. The molecule has 0 fully saturated rings. The number of rotatable bonds is 5. The van der Waals surface area contributed by atoms with Crippen molar-refractivity contribution in [2.24, 2.45) is 0 Å². The fraction of sp³-hybridized carbons (Fsp3) is 0.250. The molecule has 6 heteroatoms. The number of hydrogen-bond acceptors (Lipinski definition) is 5. The second-order valence-corrected chi connectivity index (χ2v) is 7.98. The predicted octanol–water partition coefficient (Wildman–Crippen LogP) is 3.97. The normalized spacial score (nSPS) is 15.2. The Morgan fingerprint density at radius 1 is 1.08 bits per heavy atom. The summed E-state index contributed by atoms with van der Waals surface area (Å²) in [6.45, 7) is 2.15. The first-order valence-electron chi connectivity index (χ1n) is 8.51. The van der Waals surface area contributed by atoms with Crippen molar-refractivity contribution < 1.29 is 17.9 Å². The zero-order chi connectivity index (χ0) is 18.7. The van der Waals surface area contributed by atoms with Crippen LogP contribution in [0.2, 0.25) is 0 Å². The van der Waals surface area contributed by atoms with Gasteiger partial charge in [-0.2, -0.15) is 0 Å². The lowest BCUT2D eigenvalue weighted by Crippen LogP contribution is -2.26. The number of nitrogens with zero attached hydrogens (tertiary/aromatic N) is 1. The third kappa shape index (κ3) is 3.24. The van der Waals surface area contributed by atoms with Gasteiger partial charge in [0.1, 0.15) is 0 Å². The van der Waals surface area contributed by atoms with Crippen molar-refractivity contribution in [2.75, 3.05) is 12.0 Å². The number of benzene rings is 2. The number of fused-ring (bicyclic) bond motifs is 1. The van der Waals surface area contributed by atoms with Crippen molar-refractivity contribution in [1.29, 1.82) is 0 Å². The van der Waals surface area contributed by atoms with Gasteiger partial charge in [0.05, 0.1) is 17.7 Å². The number of carbonyl (C=O) groups excluding carboxylic acids is 1. The molecule has 2 aromatic rings. The van der Waals surface area contributed by atoms with Crippen molar-refractivity contribution in [1.82, 2.24) is 0 Å². The van der Waals surface area contributed by atoms with E-state index in [-0.39, 0.29) is 9.80 Å². The molecule has 0 bridgehead atoms. The largest absolute Gasteiger partial charge is 0.465 e. The maximum atomic E-state index is 12.8. The Balaban J connectivity index is 2.09. The van der Waals surface area contributed by atoms with Crippen LogP contribution >= 0.6 is 0 Å². The fourth-order valence-electron chi connectivity index (χ4n) is 2.94. The number of ether oxygens (including phenoxy) is 1. The number of unbranched alkanes of at least 4 members (excludes halogenated alkanes) is 1. The number of hydrogen-bond donors (Lipinski definition) is 0. The van der Waals surface area contributed by atoms with Gasteiger partial charge in [-0.25, -0.2) is 13.2 Å². The van der Waals surface area contributed by atoms with E-state index in [4.69, 9.17) is 0 Å². The lowest BCUT2D eigenvalue weighted by Gasteiger charge is -2.28. The summed E-state index contributed by atoms with van der Waals surface area (Å²) < 4.78 is 30.2. The molecule has 0 unspecified atom stereocenters. The highest BCUT2D eigenvalue weighted by molar-refractivity contribution is 7.96. The minimum Gasteiger partial charge on any atom is -0.465 e. The summed E-state index contributed by atoms with van der Waals surface area (Å²) in [5.74, 6) is -0.871. The molecule has 0 saturated heterocycles. The smallest absolute Gasteiger partial charge is 0.351 e. The maximum absolute atomic E-state index is 12.8. The molecular weight excluding hydrogens is 350 g/mol. The topological polar surface area (TPSA) is 63.7 Å². The molecule has 0 amide bonds. The quantitative estimate of drug-likeness (QED) is 0.744. The first kappa shape index (κ1) is 18.2. The molecular formula is C20H21NO4S. The Kier molecular flexibility index (Phi) is 5.13. The lowest BCUT2D eigenvalue weighted by molar-refractivity contribution is -0.135. The number of para-hydroxylation sites is 1. The molecule has 136 valence electrons. The molecule has 26 heavy (non-hydrogen) atoms. The highest BCUT2D eigenvalue weighted by atomic mass is 32.2. The Bertz CT molecular complexity index is 946. The van der Waals surface area contributed by atoms with E-state index in [1.807, 2.05) is 24.3 Å². The first-order chi connectivity index (χ1) is 12.5. The van der Waals surface area contributed by atoms with Gasteiger partial charge >= 0.3 is 5.97 Å². The van der Waals surface area contributed by atoms with Crippen LogP contribution in [0.15, 0.2) is 64.5 Å². The second kappa shape index (κ2) is 7.33. The van der Waals surface area contributed by atoms with Crippen molar-refractivity contribution in [3.8, 4) is 0 Å². The third-order valence-corrected chi connectivity index (χ3v) is 6.15. The zero-order valence-corrected chi connectivity index (χ0v) is 15.6. The van der Waals surface area contributed by atoms with E-state index in [9.17, 15) is 13.2 Å². The minimum atomic E-state index is -3.91. The summed E-state index contributed by atoms with van der Waals surface area (Å²) >= 11 is 0. The number of anilines is 2. The van der Waals surface area contributed by atoms with E-state index >= 15 is 0 Å². The lowest BCUT2D eigenvalue weighted by atomic mass is 10.1. The molecule has 3 rings (SSSR count). The molecule has 0 N–H and O–H groups in total. The number of aryl methyl sites for hydroxylation is 1. The van der Waals surface area contributed by atoms with E-state index in [0.29, 0.717) is 5.69 Å². The van der Waals surface area contributed by atoms with Crippen LogP contribution < -0.4 is 4.90 Å². The molecule has 1 aliphatic rings. The van der Waals surface area contributed by atoms with Gasteiger partial charge in [0, 0.05) is 11.9 Å². The standard InChI is InChI=1S/C20H21NO4S/c1-3-4-7-15-10-12-16(13-11-15)21-14-19(20(22)25-2)26(23,24)18-9-6-5-8-17(18)21/h5-6,8-14H,3-4,7H2,1-2H3. The van der Waals surface area contributed by atoms with E-state index in [2.05, 4.69) is 11.7 Å². The Labute approximate surface area is 153 Å². The average molecular weight is 371 g/mol. The number of carbonyl (C=O) groups is 1. The molecule has 0 spiro atoms. The molecule has 0 radical (unpaired) electrons. The molecule has 1 aliphatic heterocycles. The number of esters is 1. The van der Waals surface area contributed by atoms with Gasteiger partial charge in [0.15, 0.2) is 4.91 Å². The van der Waals surface area contributed by atoms with Crippen molar-refractivity contribution in [3.05, 3.63) is 65.2 Å². The van der Waals surface area contributed by atoms with Crippen LogP contribution in [-0.4, -0.2) is 21.5 Å². The van der Waals surface area contributed by atoms with E-state index in [1.165, 1.54) is 24.9 Å². The Morgan fingerprint density at radius 3 is 2.42 bits per heavy atom. The van der Waals surface area contributed by atoms with Crippen LogP contribution in [0.5, 0.6) is 0 Å². The van der Waals surface area contributed by atoms with Gasteiger partial charge in [-0.1, -0.05) is 37.6 Å². The summed E-state index contributed by atoms with van der Waals surface area (Å²) in [6, 6.07) is 14.6. The van der Waals surface area contributed by atoms with Gasteiger partial charge in [0.2, 0.25) is 9.84 Å². The van der Waals surface area contributed by atoms with Crippen molar-refractivity contribution in [3.63, 3.8) is 0 Å². The van der Waals surface area contributed by atoms with Gasteiger partial charge in [-0.15, -0.1) is 0 Å². The van der Waals surface area contributed by atoms with Gasteiger partial charge < -0.3 is 9.64 Å². The Morgan fingerprint density at radius 2 is 1.77 bits per heavy atom. The second-order valence-electron chi connectivity index (χ2n) is 6.10. The monoisotopic (exact) mass is 371 g/mol. The molecule has 5 nitrogen and oxygen atoms in total. The van der Waals surface area contributed by atoms with E-state index in [1.54, 1.807) is 23.1 Å². The maximum Gasteiger partial charge on any atom is 0.351 e. The third-order valence-electron chi connectivity index (χ3n) is 4.37. The Hall–Kier alpha value is -2.60. The average Bonchev–Trinajstić information content (AvgIpc) is 2.66. The fourth-order valence-corrected chi connectivity index (χ4v) is 4.42. The van der Waals surface area contributed by atoms with Crippen LogP contribution in [0.3, 0.4) is 0 Å². The van der Waals surface area contributed by atoms with Crippen LogP contribution in [0.25, 0.3) is 0 Å². The summed E-state index contributed by atoms with van der Waals surface area (Å²) in [7, 11) is -2.74. The van der Waals surface area contributed by atoms with Gasteiger partial charge in [0.25, 0.3) is 0 Å². The first-order valence-corrected chi connectivity index (χ1v) is 9.99. The molecule has 0 atom stereocenters. The van der Waals surface area contributed by atoms with E-state index < -0.39 is 15.8 Å². The van der Waals surface area contributed by atoms with Crippen LogP contribution in [-0.2, 0) is 25.8 Å². The van der Waals surface area contributed by atoms with Gasteiger partial charge in [-0.3, -0.25) is 0 Å². The molecule has 1 heterocycles. The molecule has 0 aromatic heterocycles. The summed E-state index contributed by atoms with van der Waals surface area (Å²) in [4.78, 5) is 13.5. The van der Waals surface area contributed by atoms with Crippen LogP contribution in [0, 0.1) is 0 Å². The molecule has 2 aromatic carbocycles. The highest BCUT2D eigenvalue weighted by Crippen LogP contribution is 2.39.